The smallest absolute Gasteiger partial charge is 0.106 e. The number of aromatic nitrogens is 1. The Bertz CT molecular complexity index is 451. The van der Waals surface area contributed by atoms with Crippen molar-refractivity contribution in [3.63, 3.8) is 0 Å². The molecule has 0 aliphatic carbocycles. The first-order valence-electron chi connectivity index (χ1n) is 5.12. The van der Waals surface area contributed by atoms with Gasteiger partial charge in [0.05, 0.1) is 0 Å². The molecule has 0 aliphatic rings. The van der Waals surface area contributed by atoms with E-state index in [9.17, 15) is 5.11 Å². The van der Waals surface area contributed by atoms with Gasteiger partial charge in [0.15, 0.2) is 0 Å². The highest BCUT2D eigenvalue weighted by molar-refractivity contribution is 5.43. The van der Waals surface area contributed by atoms with Gasteiger partial charge in [0.2, 0.25) is 0 Å². The lowest BCUT2D eigenvalue weighted by Crippen LogP contribution is -2.01. The molecule has 2 rings (SSSR count). The normalized spacial score (nSPS) is 12.4. The van der Waals surface area contributed by atoms with Crippen LogP contribution in [0.4, 0.5) is 5.69 Å². The number of rotatable bonds is 2. The van der Waals surface area contributed by atoms with Crippen molar-refractivity contribution in [3.8, 4) is 0 Å². The summed E-state index contributed by atoms with van der Waals surface area (Å²) in [7, 11) is 0. The van der Waals surface area contributed by atoms with Crippen LogP contribution in [0, 0.1) is 6.92 Å². The second kappa shape index (κ2) is 4.33. The molecule has 0 amide bonds. The zero-order valence-corrected chi connectivity index (χ0v) is 9.09. The molecule has 16 heavy (non-hydrogen) atoms. The van der Waals surface area contributed by atoms with E-state index in [2.05, 4.69) is 4.98 Å². The predicted octanol–water partition coefficient (Wildman–Crippen LogP) is 2.05. The summed E-state index contributed by atoms with van der Waals surface area (Å²) in [5.74, 6) is 0. The third-order valence-electron chi connectivity index (χ3n) is 2.44. The van der Waals surface area contributed by atoms with Crippen LogP contribution < -0.4 is 5.73 Å². The number of hydrogen-bond acceptors (Lipinski definition) is 3. The number of nitrogen functional groups attached to an aromatic ring is 1. The Balaban J connectivity index is 2.35. The maximum absolute atomic E-state index is 10.1. The summed E-state index contributed by atoms with van der Waals surface area (Å²) in [5, 5.41) is 10.1. The van der Waals surface area contributed by atoms with E-state index in [1.54, 1.807) is 24.5 Å². The monoisotopic (exact) mass is 214 g/mol. The van der Waals surface area contributed by atoms with E-state index in [4.69, 9.17) is 5.73 Å². The fraction of sp³-hybridized carbons (Fsp3) is 0.154. The van der Waals surface area contributed by atoms with Crippen LogP contribution in [0.25, 0.3) is 0 Å². The molecule has 82 valence electrons. The van der Waals surface area contributed by atoms with Crippen LogP contribution in [0.5, 0.6) is 0 Å². The van der Waals surface area contributed by atoms with Crippen molar-refractivity contribution in [2.24, 2.45) is 0 Å². The lowest BCUT2D eigenvalue weighted by atomic mass is 10.0. The van der Waals surface area contributed by atoms with Crippen LogP contribution in [0.15, 0.2) is 42.7 Å². The molecule has 1 aromatic carbocycles. The maximum atomic E-state index is 10.1. The quantitative estimate of drug-likeness (QED) is 0.752. The van der Waals surface area contributed by atoms with E-state index in [-0.39, 0.29) is 0 Å². The van der Waals surface area contributed by atoms with E-state index in [0.29, 0.717) is 5.69 Å². The first kappa shape index (κ1) is 10.6. The van der Waals surface area contributed by atoms with Gasteiger partial charge in [-0.05, 0) is 30.2 Å². The van der Waals surface area contributed by atoms with Gasteiger partial charge in [-0.3, -0.25) is 4.98 Å². The van der Waals surface area contributed by atoms with Gasteiger partial charge in [-0.15, -0.1) is 0 Å². The van der Waals surface area contributed by atoms with Crippen LogP contribution in [0.1, 0.15) is 22.8 Å². The zero-order valence-electron chi connectivity index (χ0n) is 9.09. The van der Waals surface area contributed by atoms with Crippen molar-refractivity contribution in [2.75, 3.05) is 5.73 Å². The van der Waals surface area contributed by atoms with Gasteiger partial charge in [0.1, 0.15) is 6.10 Å². The van der Waals surface area contributed by atoms with E-state index < -0.39 is 6.10 Å². The Labute approximate surface area is 94.6 Å². The molecule has 0 saturated heterocycles. The van der Waals surface area contributed by atoms with Crippen LogP contribution in [-0.4, -0.2) is 10.1 Å². The van der Waals surface area contributed by atoms with Gasteiger partial charge in [0, 0.05) is 23.6 Å². The molecule has 0 spiro atoms. The summed E-state index contributed by atoms with van der Waals surface area (Å²) in [4.78, 5) is 4.06. The highest BCUT2D eigenvalue weighted by atomic mass is 16.3. The van der Waals surface area contributed by atoms with Crippen molar-refractivity contribution in [1.29, 1.82) is 0 Å². The standard InChI is InChI=1S/C13H14N2O/c1-9-5-11(8-15-7-9)13(16)10-3-2-4-12(14)6-10/h2-8,13,16H,14H2,1H3. The van der Waals surface area contributed by atoms with Crippen molar-refractivity contribution >= 4 is 5.69 Å². The van der Waals surface area contributed by atoms with Crippen molar-refractivity contribution in [1.82, 2.24) is 4.98 Å². The minimum Gasteiger partial charge on any atom is -0.399 e. The van der Waals surface area contributed by atoms with Crippen LogP contribution in [0.2, 0.25) is 0 Å². The predicted molar refractivity (Wildman–Crippen MR) is 63.9 cm³/mol. The Morgan fingerprint density at radius 3 is 2.69 bits per heavy atom. The largest absolute Gasteiger partial charge is 0.399 e. The number of aliphatic hydroxyl groups excluding tert-OH is 1. The number of aliphatic hydroxyl groups is 1. The number of pyridine rings is 1. The van der Waals surface area contributed by atoms with Crippen molar-refractivity contribution in [3.05, 3.63) is 59.4 Å². The average molecular weight is 214 g/mol. The molecule has 3 N–H and O–H groups in total. The fourth-order valence-corrected chi connectivity index (χ4v) is 1.65. The van der Waals surface area contributed by atoms with Gasteiger partial charge in [-0.25, -0.2) is 0 Å². The topological polar surface area (TPSA) is 59.1 Å². The Kier molecular flexibility index (Phi) is 2.88. The Morgan fingerprint density at radius 2 is 2.00 bits per heavy atom. The summed E-state index contributed by atoms with van der Waals surface area (Å²) in [6, 6.07) is 9.17. The number of nitrogens with two attached hydrogens (primary N) is 1. The molecule has 0 bridgehead atoms. The first-order valence-corrected chi connectivity index (χ1v) is 5.12. The molecule has 1 aromatic heterocycles. The minimum absolute atomic E-state index is 0.650. The number of hydrogen-bond donors (Lipinski definition) is 2. The molecule has 1 unspecified atom stereocenters. The Hall–Kier alpha value is -1.87. The number of aryl methyl sites for hydroxylation is 1. The molecule has 0 radical (unpaired) electrons. The lowest BCUT2D eigenvalue weighted by molar-refractivity contribution is 0.220. The zero-order chi connectivity index (χ0) is 11.5. The first-order chi connectivity index (χ1) is 7.66. The highest BCUT2D eigenvalue weighted by Crippen LogP contribution is 2.23. The summed E-state index contributed by atoms with van der Waals surface area (Å²) in [6.45, 7) is 1.95. The third kappa shape index (κ3) is 2.20. The van der Waals surface area contributed by atoms with Gasteiger partial charge >= 0.3 is 0 Å². The Morgan fingerprint density at radius 1 is 1.19 bits per heavy atom. The molecule has 0 aliphatic heterocycles. The highest BCUT2D eigenvalue weighted by Gasteiger charge is 2.10. The van der Waals surface area contributed by atoms with E-state index >= 15 is 0 Å². The fourth-order valence-electron chi connectivity index (χ4n) is 1.65. The van der Waals surface area contributed by atoms with Gasteiger partial charge in [-0.1, -0.05) is 18.2 Å². The van der Waals surface area contributed by atoms with E-state index in [1.807, 2.05) is 25.1 Å². The number of benzene rings is 1. The van der Waals surface area contributed by atoms with Crippen LogP contribution in [0.3, 0.4) is 0 Å². The second-order valence-corrected chi connectivity index (χ2v) is 3.87. The molecular formula is C13H14N2O. The average Bonchev–Trinajstić information content (AvgIpc) is 2.28. The molecule has 0 fully saturated rings. The number of nitrogens with zero attached hydrogens (tertiary/aromatic N) is 1. The SMILES string of the molecule is Cc1cncc(C(O)c2cccc(N)c2)c1. The lowest BCUT2D eigenvalue weighted by Gasteiger charge is -2.11. The van der Waals surface area contributed by atoms with Crippen LogP contribution in [-0.2, 0) is 0 Å². The number of anilines is 1. The summed E-state index contributed by atoms with van der Waals surface area (Å²) in [6.07, 6.45) is 2.76. The summed E-state index contributed by atoms with van der Waals surface area (Å²) >= 11 is 0. The van der Waals surface area contributed by atoms with E-state index in [1.165, 1.54) is 0 Å². The molecule has 3 nitrogen and oxygen atoms in total. The van der Waals surface area contributed by atoms with Gasteiger partial charge in [-0.2, -0.15) is 0 Å². The molecule has 1 heterocycles. The van der Waals surface area contributed by atoms with Crippen molar-refractivity contribution in [2.45, 2.75) is 13.0 Å². The molecule has 0 saturated carbocycles. The van der Waals surface area contributed by atoms with E-state index in [0.717, 1.165) is 16.7 Å². The van der Waals surface area contributed by atoms with Crippen molar-refractivity contribution < 1.29 is 5.11 Å². The minimum atomic E-state index is -0.670. The van der Waals surface area contributed by atoms with Gasteiger partial charge < -0.3 is 10.8 Å². The van der Waals surface area contributed by atoms with Gasteiger partial charge in [0.25, 0.3) is 0 Å². The van der Waals surface area contributed by atoms with Crippen LogP contribution >= 0.6 is 0 Å². The molecule has 3 heteroatoms. The molecular weight excluding hydrogens is 200 g/mol. The second-order valence-electron chi connectivity index (χ2n) is 3.87. The summed E-state index contributed by atoms with van der Waals surface area (Å²) < 4.78 is 0. The molecule has 1 atom stereocenters. The third-order valence-corrected chi connectivity index (χ3v) is 2.44. The maximum Gasteiger partial charge on any atom is 0.106 e. The summed E-state index contributed by atoms with van der Waals surface area (Å²) in [5.41, 5.74) is 8.92. The molecule has 2 aromatic rings.